The quantitative estimate of drug-likeness (QED) is 0.333. The number of aromatic nitrogens is 1. The fraction of sp³-hybridized carbons (Fsp3) is 0.179. The molecule has 0 spiro atoms. The first-order chi connectivity index (χ1) is 18.5. The van der Waals surface area contributed by atoms with Gasteiger partial charge < -0.3 is 5.11 Å². The van der Waals surface area contributed by atoms with Gasteiger partial charge in [0.2, 0.25) is 0 Å². The molecule has 2 N–H and O–H groups in total. The van der Waals surface area contributed by atoms with Crippen LogP contribution in [0.1, 0.15) is 29.0 Å². The molecule has 1 aromatic heterocycles. The van der Waals surface area contributed by atoms with E-state index in [-0.39, 0.29) is 18.0 Å². The number of benzene rings is 2. The molecule has 1 aliphatic carbocycles. The van der Waals surface area contributed by atoms with Crippen molar-refractivity contribution >= 4 is 40.8 Å². The number of carbonyl (C=O) groups excluding carboxylic acids is 2. The van der Waals surface area contributed by atoms with Crippen molar-refractivity contribution in [1.29, 1.82) is 0 Å². The van der Waals surface area contributed by atoms with Crippen LogP contribution in [0.3, 0.4) is 0 Å². The second kappa shape index (κ2) is 9.73. The maximum atomic E-state index is 14.5. The molecule has 0 radical (unpaired) electrons. The minimum Gasteiger partial charge on any atom is -0.508 e. The molecule has 11 heteroatoms. The molecule has 0 saturated carbocycles. The summed E-state index contributed by atoms with van der Waals surface area (Å²) >= 11 is 12.2. The van der Waals surface area contributed by atoms with Crippen molar-refractivity contribution in [2.75, 3.05) is 5.43 Å². The highest BCUT2D eigenvalue weighted by atomic mass is 35.5. The molecule has 0 bridgehead atoms. The zero-order chi connectivity index (χ0) is 28.1. The molecule has 1 fully saturated rings. The SMILES string of the molecule is C=CC1=CC[C@H]2C(=O)N(Nc3ncc(C(F)(F)F)cc3Cl)C(=O)[C@@]2(c2ccc(Cl)cc2)[C@H]1c1ccc(O)cc1. The van der Waals surface area contributed by atoms with Crippen LogP contribution < -0.4 is 5.43 Å². The van der Waals surface area contributed by atoms with E-state index in [1.54, 1.807) is 42.5 Å². The van der Waals surface area contributed by atoms with Crippen molar-refractivity contribution in [3.05, 3.63) is 112 Å². The maximum Gasteiger partial charge on any atom is 0.417 e. The van der Waals surface area contributed by atoms with Crippen molar-refractivity contribution < 1.29 is 27.9 Å². The summed E-state index contributed by atoms with van der Waals surface area (Å²) in [6.07, 6.45) is -0.464. The Labute approximate surface area is 231 Å². The number of carbonyl (C=O) groups is 2. The number of hydrogen-bond donors (Lipinski definition) is 2. The summed E-state index contributed by atoms with van der Waals surface area (Å²) in [5.74, 6) is -3.10. The Bertz CT molecular complexity index is 1510. The lowest BCUT2D eigenvalue weighted by Crippen LogP contribution is -2.48. The highest BCUT2D eigenvalue weighted by molar-refractivity contribution is 6.33. The number of nitrogens with one attached hydrogen (secondary N) is 1. The van der Waals surface area contributed by atoms with E-state index < -0.39 is 45.8 Å². The highest BCUT2D eigenvalue weighted by Crippen LogP contribution is 2.57. The third-order valence-corrected chi connectivity index (χ3v) is 7.71. The number of fused-ring (bicyclic) bond motifs is 1. The average Bonchev–Trinajstić information content (AvgIpc) is 3.11. The predicted molar refractivity (Wildman–Crippen MR) is 140 cm³/mol. The van der Waals surface area contributed by atoms with Crippen LogP contribution in [0, 0.1) is 5.92 Å². The number of phenols is 1. The first-order valence-corrected chi connectivity index (χ1v) is 12.5. The fourth-order valence-corrected chi connectivity index (χ4v) is 5.79. The summed E-state index contributed by atoms with van der Waals surface area (Å²) in [7, 11) is 0. The molecule has 3 aromatic rings. The number of phenolic OH excluding ortho intramolecular Hbond substituents is 1. The van der Waals surface area contributed by atoms with Crippen LogP contribution >= 0.6 is 23.2 Å². The van der Waals surface area contributed by atoms with Gasteiger partial charge in [0, 0.05) is 17.1 Å². The van der Waals surface area contributed by atoms with E-state index in [4.69, 9.17) is 23.2 Å². The lowest BCUT2D eigenvalue weighted by atomic mass is 9.56. The van der Waals surface area contributed by atoms with Gasteiger partial charge in [0.05, 0.1) is 21.9 Å². The zero-order valence-electron chi connectivity index (χ0n) is 20.0. The van der Waals surface area contributed by atoms with Crippen LogP contribution in [0.25, 0.3) is 0 Å². The topological polar surface area (TPSA) is 82.5 Å². The summed E-state index contributed by atoms with van der Waals surface area (Å²) in [6, 6.07) is 13.5. The highest BCUT2D eigenvalue weighted by Gasteiger charge is 2.66. The Kier molecular flexibility index (Phi) is 6.68. The van der Waals surface area contributed by atoms with E-state index >= 15 is 0 Å². The lowest BCUT2D eigenvalue weighted by molar-refractivity contribution is -0.139. The Morgan fingerprint density at radius 2 is 1.77 bits per heavy atom. The van der Waals surface area contributed by atoms with Gasteiger partial charge in [0.1, 0.15) is 5.75 Å². The van der Waals surface area contributed by atoms with E-state index in [1.807, 2.05) is 6.08 Å². The van der Waals surface area contributed by atoms with Gasteiger partial charge in [0.25, 0.3) is 11.8 Å². The summed E-state index contributed by atoms with van der Waals surface area (Å²) in [4.78, 5) is 32.0. The van der Waals surface area contributed by atoms with Crippen molar-refractivity contribution in [3.63, 3.8) is 0 Å². The Morgan fingerprint density at radius 3 is 2.36 bits per heavy atom. The summed E-state index contributed by atoms with van der Waals surface area (Å²) in [5.41, 5.74) is 1.87. The molecule has 2 aromatic carbocycles. The van der Waals surface area contributed by atoms with E-state index in [0.717, 1.165) is 5.01 Å². The second-order valence-electron chi connectivity index (χ2n) is 9.24. The van der Waals surface area contributed by atoms with Gasteiger partial charge in [-0.1, -0.05) is 66.2 Å². The van der Waals surface area contributed by atoms with Gasteiger partial charge in [-0.25, -0.2) is 4.98 Å². The van der Waals surface area contributed by atoms with Crippen LogP contribution in [0.4, 0.5) is 19.0 Å². The van der Waals surface area contributed by atoms with Crippen LogP contribution in [0.2, 0.25) is 10.0 Å². The largest absolute Gasteiger partial charge is 0.508 e. The van der Waals surface area contributed by atoms with E-state index in [9.17, 15) is 27.9 Å². The number of allylic oxidation sites excluding steroid dienone is 3. The van der Waals surface area contributed by atoms with Crippen LogP contribution in [-0.4, -0.2) is 26.9 Å². The number of imide groups is 1. The normalized spacial score (nSPS) is 22.9. The van der Waals surface area contributed by atoms with E-state index in [0.29, 0.717) is 34.0 Å². The minimum atomic E-state index is -4.67. The van der Waals surface area contributed by atoms with Crippen molar-refractivity contribution in [1.82, 2.24) is 9.99 Å². The van der Waals surface area contributed by atoms with Crippen molar-refractivity contribution in [2.45, 2.75) is 23.9 Å². The number of anilines is 1. The number of alkyl halides is 3. The minimum absolute atomic E-state index is 0.0240. The summed E-state index contributed by atoms with van der Waals surface area (Å²) in [5, 5.41) is 10.7. The number of halogens is 5. The second-order valence-corrected chi connectivity index (χ2v) is 10.1. The molecule has 2 heterocycles. The Balaban J connectivity index is 1.67. The fourth-order valence-electron chi connectivity index (χ4n) is 5.46. The molecular weight excluding hydrogens is 554 g/mol. The van der Waals surface area contributed by atoms with Gasteiger partial charge in [-0.15, -0.1) is 0 Å². The molecule has 1 aliphatic heterocycles. The Hall–Kier alpha value is -3.82. The average molecular weight is 574 g/mol. The maximum absolute atomic E-state index is 14.5. The molecular formula is C28H20Cl2F3N3O3. The van der Waals surface area contributed by atoms with Gasteiger partial charge in [-0.2, -0.15) is 18.2 Å². The number of hydrazine groups is 1. The number of rotatable bonds is 5. The monoisotopic (exact) mass is 573 g/mol. The summed E-state index contributed by atoms with van der Waals surface area (Å²) < 4.78 is 39.4. The third-order valence-electron chi connectivity index (χ3n) is 7.17. The number of pyridine rings is 1. The molecule has 39 heavy (non-hydrogen) atoms. The number of hydrogen-bond acceptors (Lipinski definition) is 5. The van der Waals surface area contributed by atoms with Crippen LogP contribution in [0.15, 0.2) is 85.1 Å². The molecule has 2 aliphatic rings. The van der Waals surface area contributed by atoms with Crippen LogP contribution in [0.5, 0.6) is 5.75 Å². The van der Waals surface area contributed by atoms with Gasteiger partial charge in [-0.05, 0) is 53.5 Å². The van der Waals surface area contributed by atoms with E-state index in [1.165, 1.54) is 12.1 Å². The van der Waals surface area contributed by atoms with Gasteiger partial charge >= 0.3 is 6.18 Å². The van der Waals surface area contributed by atoms with Crippen molar-refractivity contribution in [2.24, 2.45) is 5.92 Å². The molecule has 5 rings (SSSR count). The molecule has 2 amide bonds. The molecule has 1 saturated heterocycles. The molecule has 6 nitrogen and oxygen atoms in total. The lowest BCUT2D eigenvalue weighted by Gasteiger charge is -2.43. The molecule has 3 atom stereocenters. The third kappa shape index (κ3) is 4.35. The molecule has 200 valence electrons. The zero-order valence-corrected chi connectivity index (χ0v) is 21.6. The standard InChI is InChI=1S/C28H20Cl2F3N3O3/c1-2-15-5-12-21-25(38)36(35-24-22(30)13-18(14-34-24)28(31,32)33)26(39)27(21,17-6-8-19(29)9-7-17)23(15)16-3-10-20(37)11-4-16/h2-11,13-14,21,23,37H,1,12H2,(H,34,35)/t21-,23+,27+/m0/s1. The number of nitrogens with zero attached hydrogens (tertiary/aromatic N) is 2. The smallest absolute Gasteiger partial charge is 0.417 e. The van der Waals surface area contributed by atoms with Gasteiger partial charge in [0.15, 0.2) is 5.82 Å². The predicted octanol–water partition coefficient (Wildman–Crippen LogP) is 6.66. The van der Waals surface area contributed by atoms with Gasteiger partial charge in [-0.3, -0.25) is 15.0 Å². The first kappa shape index (κ1) is 26.8. The van der Waals surface area contributed by atoms with Crippen molar-refractivity contribution in [3.8, 4) is 5.75 Å². The first-order valence-electron chi connectivity index (χ1n) is 11.7. The number of aromatic hydroxyl groups is 1. The Morgan fingerprint density at radius 1 is 1.10 bits per heavy atom. The summed E-state index contributed by atoms with van der Waals surface area (Å²) in [6.45, 7) is 3.92. The number of amides is 2. The van der Waals surface area contributed by atoms with E-state index in [2.05, 4.69) is 17.0 Å². The molecule has 0 unspecified atom stereocenters. The van der Waals surface area contributed by atoms with Crippen LogP contribution in [-0.2, 0) is 21.2 Å².